The molecule has 1 aliphatic rings. The van der Waals surface area contributed by atoms with Crippen LogP contribution in [0.1, 0.15) is 17.5 Å². The third-order valence-electron chi connectivity index (χ3n) is 6.02. The first-order valence-electron chi connectivity index (χ1n) is 11.7. The van der Waals surface area contributed by atoms with E-state index in [1.165, 1.54) is 9.87 Å². The topological polar surface area (TPSA) is 79.0 Å². The van der Waals surface area contributed by atoms with E-state index in [2.05, 4.69) is 22.3 Å². The number of nitrogens with zero attached hydrogens (tertiary/aromatic N) is 2. The van der Waals surface area contributed by atoms with Gasteiger partial charge in [0.15, 0.2) is 0 Å². The van der Waals surface area contributed by atoms with Gasteiger partial charge in [0.05, 0.1) is 29.5 Å². The summed E-state index contributed by atoms with van der Waals surface area (Å²) in [5.74, 6) is -0.0874. The molecule has 1 aliphatic heterocycles. The molecular weight excluding hydrogens is 462 g/mol. The van der Waals surface area contributed by atoms with Crippen LogP contribution >= 0.6 is 0 Å². The van der Waals surface area contributed by atoms with E-state index in [9.17, 15) is 13.2 Å². The summed E-state index contributed by atoms with van der Waals surface area (Å²) in [5.41, 5.74) is 3.82. The van der Waals surface area contributed by atoms with E-state index in [0.29, 0.717) is 39.1 Å². The smallest absolute Gasteiger partial charge is 0.243 e. The van der Waals surface area contributed by atoms with Crippen molar-refractivity contribution < 1.29 is 17.9 Å². The fourth-order valence-electron chi connectivity index (χ4n) is 4.09. The van der Waals surface area contributed by atoms with Gasteiger partial charge in [-0.3, -0.25) is 4.79 Å². The summed E-state index contributed by atoms with van der Waals surface area (Å²) < 4.78 is 32.2. The van der Waals surface area contributed by atoms with Crippen molar-refractivity contribution in [1.82, 2.24) is 4.31 Å². The van der Waals surface area contributed by atoms with E-state index in [0.717, 1.165) is 23.5 Å². The summed E-state index contributed by atoms with van der Waals surface area (Å²) in [7, 11) is -1.51. The molecule has 3 aromatic rings. The van der Waals surface area contributed by atoms with Crippen LogP contribution in [0.5, 0.6) is 0 Å². The van der Waals surface area contributed by atoms with Gasteiger partial charge in [0.25, 0.3) is 0 Å². The number of anilines is 2. The number of para-hydroxylation sites is 2. The Balaban J connectivity index is 1.34. The molecule has 8 heteroatoms. The van der Waals surface area contributed by atoms with Crippen LogP contribution in [0.15, 0.2) is 83.8 Å². The molecule has 0 unspecified atom stereocenters. The number of hydrogen-bond acceptors (Lipinski definition) is 5. The number of morpholine rings is 1. The number of carbonyl (C=O) groups excluding carboxylic acids is 1. The van der Waals surface area contributed by atoms with Crippen molar-refractivity contribution in [2.75, 3.05) is 43.6 Å². The molecule has 0 radical (unpaired) electrons. The van der Waals surface area contributed by atoms with Gasteiger partial charge in [-0.25, -0.2) is 8.42 Å². The van der Waals surface area contributed by atoms with Crippen molar-refractivity contribution in [2.24, 2.45) is 0 Å². The third-order valence-corrected chi connectivity index (χ3v) is 7.94. The van der Waals surface area contributed by atoms with Crippen LogP contribution in [0.25, 0.3) is 0 Å². The molecule has 1 saturated heterocycles. The fraction of sp³-hybridized carbons (Fsp3) is 0.296. The van der Waals surface area contributed by atoms with Crippen LogP contribution in [0.4, 0.5) is 11.4 Å². The lowest BCUT2D eigenvalue weighted by atomic mass is 10.1. The number of carbonyl (C=O) groups is 1. The Kier molecular flexibility index (Phi) is 8.17. The molecule has 35 heavy (non-hydrogen) atoms. The summed E-state index contributed by atoms with van der Waals surface area (Å²) >= 11 is 0. The molecule has 7 nitrogen and oxygen atoms in total. The Labute approximate surface area is 207 Å². The predicted octanol–water partition coefficient (Wildman–Crippen LogP) is 3.92. The minimum absolute atomic E-state index is 0.0874. The lowest BCUT2D eigenvalue weighted by Gasteiger charge is -2.26. The van der Waals surface area contributed by atoms with Gasteiger partial charge in [0.2, 0.25) is 15.9 Å². The van der Waals surface area contributed by atoms with Crippen LogP contribution in [-0.4, -0.2) is 52.0 Å². The van der Waals surface area contributed by atoms with Crippen LogP contribution in [0.3, 0.4) is 0 Å². The van der Waals surface area contributed by atoms with Gasteiger partial charge >= 0.3 is 0 Å². The van der Waals surface area contributed by atoms with E-state index in [4.69, 9.17) is 4.74 Å². The molecule has 3 aromatic carbocycles. The van der Waals surface area contributed by atoms with Gasteiger partial charge in [-0.2, -0.15) is 4.31 Å². The van der Waals surface area contributed by atoms with Crippen LogP contribution in [0.2, 0.25) is 0 Å². The maximum Gasteiger partial charge on any atom is 0.243 e. The normalized spacial score (nSPS) is 14.4. The second-order valence-electron chi connectivity index (χ2n) is 8.57. The summed E-state index contributed by atoms with van der Waals surface area (Å²) in [4.78, 5) is 15.1. The minimum atomic E-state index is -3.52. The highest BCUT2D eigenvalue weighted by molar-refractivity contribution is 7.89. The Morgan fingerprint density at radius 1 is 0.914 bits per heavy atom. The Morgan fingerprint density at radius 2 is 1.57 bits per heavy atom. The fourth-order valence-corrected chi connectivity index (χ4v) is 5.50. The first-order valence-corrected chi connectivity index (χ1v) is 13.2. The average molecular weight is 494 g/mol. The highest BCUT2D eigenvalue weighted by Gasteiger charge is 2.26. The zero-order valence-corrected chi connectivity index (χ0v) is 20.7. The van der Waals surface area contributed by atoms with Crippen molar-refractivity contribution in [3.05, 3.63) is 90.0 Å². The van der Waals surface area contributed by atoms with Crippen molar-refractivity contribution >= 4 is 27.3 Å². The number of sulfonamides is 1. The molecule has 1 heterocycles. The zero-order valence-electron chi connectivity index (χ0n) is 19.9. The maximum atomic E-state index is 12.8. The lowest BCUT2D eigenvalue weighted by Crippen LogP contribution is -2.40. The first-order chi connectivity index (χ1) is 16.9. The lowest BCUT2D eigenvalue weighted by molar-refractivity contribution is -0.116. The number of amides is 1. The van der Waals surface area contributed by atoms with E-state index in [-0.39, 0.29) is 10.8 Å². The van der Waals surface area contributed by atoms with Crippen LogP contribution < -0.4 is 10.2 Å². The summed E-state index contributed by atoms with van der Waals surface area (Å²) in [6, 6.07) is 24.7. The molecule has 0 aromatic heterocycles. The van der Waals surface area contributed by atoms with Gasteiger partial charge < -0.3 is 15.0 Å². The molecule has 1 N–H and O–H groups in total. The first kappa shape index (κ1) is 24.9. The van der Waals surface area contributed by atoms with E-state index in [1.54, 1.807) is 24.3 Å². The van der Waals surface area contributed by atoms with Gasteiger partial charge in [-0.05, 0) is 41.8 Å². The van der Waals surface area contributed by atoms with E-state index in [1.807, 2.05) is 49.5 Å². The Bertz CT molecular complexity index is 1220. The second-order valence-corrected chi connectivity index (χ2v) is 10.5. The molecule has 0 spiro atoms. The minimum Gasteiger partial charge on any atom is -0.379 e. The Morgan fingerprint density at radius 3 is 2.29 bits per heavy atom. The van der Waals surface area contributed by atoms with Crippen LogP contribution in [-0.2, 0) is 32.5 Å². The maximum absolute atomic E-state index is 12.8. The van der Waals surface area contributed by atoms with Gasteiger partial charge in [-0.15, -0.1) is 0 Å². The number of aryl methyl sites for hydroxylation is 1. The SMILES string of the molecule is CN(Cc1ccccc1)c1ccccc1NC(=O)CCc1ccc(S(=O)(=O)N2CCOCC2)cc1. The zero-order chi connectivity index (χ0) is 24.7. The highest BCUT2D eigenvalue weighted by atomic mass is 32.2. The molecule has 0 atom stereocenters. The summed E-state index contributed by atoms with van der Waals surface area (Å²) in [5, 5.41) is 3.03. The molecule has 1 fully saturated rings. The summed E-state index contributed by atoms with van der Waals surface area (Å²) in [6.07, 6.45) is 0.817. The quantitative estimate of drug-likeness (QED) is 0.489. The van der Waals surface area contributed by atoms with Crippen molar-refractivity contribution in [3.63, 3.8) is 0 Å². The van der Waals surface area contributed by atoms with Crippen molar-refractivity contribution in [1.29, 1.82) is 0 Å². The van der Waals surface area contributed by atoms with E-state index < -0.39 is 10.0 Å². The number of rotatable bonds is 9. The molecule has 1 amide bonds. The van der Waals surface area contributed by atoms with Gasteiger partial charge in [0.1, 0.15) is 0 Å². The molecule has 0 saturated carbocycles. The largest absolute Gasteiger partial charge is 0.379 e. The van der Waals surface area contributed by atoms with Crippen LogP contribution in [0, 0.1) is 0 Å². The third kappa shape index (κ3) is 6.48. The average Bonchev–Trinajstić information content (AvgIpc) is 2.89. The number of nitrogens with one attached hydrogen (secondary N) is 1. The standard InChI is InChI=1S/C27H31N3O4S/c1-29(21-23-7-3-2-4-8-23)26-10-6-5-9-25(26)28-27(31)16-13-22-11-14-24(15-12-22)35(32,33)30-17-19-34-20-18-30/h2-12,14-15H,13,16-21H2,1H3,(H,28,31). The molecule has 0 aliphatic carbocycles. The van der Waals surface area contributed by atoms with Gasteiger partial charge in [-0.1, -0.05) is 54.6 Å². The summed E-state index contributed by atoms with van der Waals surface area (Å²) in [6.45, 7) is 2.29. The number of hydrogen-bond donors (Lipinski definition) is 1. The van der Waals surface area contributed by atoms with Crippen molar-refractivity contribution in [3.8, 4) is 0 Å². The number of benzene rings is 3. The second kappa shape index (κ2) is 11.5. The molecule has 0 bridgehead atoms. The van der Waals surface area contributed by atoms with Crippen molar-refractivity contribution in [2.45, 2.75) is 24.3 Å². The number of ether oxygens (including phenoxy) is 1. The van der Waals surface area contributed by atoms with E-state index >= 15 is 0 Å². The monoisotopic (exact) mass is 493 g/mol. The predicted molar refractivity (Wildman–Crippen MR) is 138 cm³/mol. The molecule has 4 rings (SSSR count). The van der Waals surface area contributed by atoms with Gasteiger partial charge in [0, 0.05) is 33.1 Å². The highest BCUT2D eigenvalue weighted by Crippen LogP contribution is 2.26. The molecule has 184 valence electrons. The Hall–Kier alpha value is -3.20. The molecular formula is C27H31N3O4S.